The van der Waals surface area contributed by atoms with Crippen LogP contribution in [0.3, 0.4) is 0 Å². The number of aryl methyl sites for hydroxylation is 2. The smallest absolute Gasteiger partial charge is 0.177 e. The number of aromatic nitrogens is 2. The molecule has 116 valence electrons. The van der Waals surface area contributed by atoms with Crippen LogP contribution in [-0.2, 0) is 6.42 Å². The number of carbonyl (C=O) groups is 1. The van der Waals surface area contributed by atoms with Crippen molar-refractivity contribution >= 4 is 22.9 Å². The molecule has 3 heterocycles. The van der Waals surface area contributed by atoms with Crippen molar-refractivity contribution in [2.24, 2.45) is 5.92 Å². The molecule has 0 spiro atoms. The highest BCUT2D eigenvalue weighted by Gasteiger charge is 2.28. The molecule has 3 rings (SSSR count). The van der Waals surface area contributed by atoms with Crippen molar-refractivity contribution in [2.75, 3.05) is 18.0 Å². The second-order valence-corrected chi connectivity index (χ2v) is 6.72. The average Bonchev–Trinajstić information content (AvgIpc) is 3.00. The van der Waals surface area contributed by atoms with Crippen LogP contribution in [0.2, 0.25) is 0 Å². The lowest BCUT2D eigenvalue weighted by atomic mass is 9.92. The molecule has 22 heavy (non-hydrogen) atoms. The largest absolute Gasteiger partial charge is 0.356 e. The number of thiophene rings is 1. The highest BCUT2D eigenvalue weighted by Crippen LogP contribution is 2.27. The third kappa shape index (κ3) is 3.04. The van der Waals surface area contributed by atoms with E-state index in [0.29, 0.717) is 5.78 Å². The molecule has 0 N–H and O–H groups in total. The molecule has 1 atom stereocenters. The number of hydrogen-bond donors (Lipinski definition) is 0. The summed E-state index contributed by atoms with van der Waals surface area (Å²) in [7, 11) is 0. The molecule has 0 radical (unpaired) electrons. The van der Waals surface area contributed by atoms with Gasteiger partial charge in [0.15, 0.2) is 5.78 Å². The van der Waals surface area contributed by atoms with Gasteiger partial charge in [-0.1, -0.05) is 6.92 Å². The molecule has 1 unspecified atom stereocenters. The van der Waals surface area contributed by atoms with E-state index in [-0.39, 0.29) is 5.92 Å². The average molecular weight is 315 g/mol. The van der Waals surface area contributed by atoms with Crippen LogP contribution in [-0.4, -0.2) is 28.8 Å². The van der Waals surface area contributed by atoms with E-state index in [1.807, 2.05) is 24.4 Å². The van der Waals surface area contributed by atoms with Crippen molar-refractivity contribution < 1.29 is 4.79 Å². The summed E-state index contributed by atoms with van der Waals surface area (Å²) in [6.07, 6.45) is 4.54. The minimum atomic E-state index is 0.0751. The fourth-order valence-corrected chi connectivity index (χ4v) is 3.91. The Morgan fingerprint density at radius 3 is 3.05 bits per heavy atom. The predicted molar refractivity (Wildman–Crippen MR) is 89.7 cm³/mol. The molecule has 1 aliphatic heterocycles. The van der Waals surface area contributed by atoms with E-state index in [0.717, 1.165) is 54.3 Å². The van der Waals surface area contributed by atoms with Gasteiger partial charge in [-0.2, -0.15) is 0 Å². The Morgan fingerprint density at radius 2 is 2.32 bits per heavy atom. The summed E-state index contributed by atoms with van der Waals surface area (Å²) < 4.78 is 0. The number of ketones is 1. The van der Waals surface area contributed by atoms with Gasteiger partial charge in [0.1, 0.15) is 12.1 Å². The Morgan fingerprint density at radius 1 is 1.45 bits per heavy atom. The molecule has 1 saturated heterocycles. The lowest BCUT2D eigenvalue weighted by molar-refractivity contribution is 0.0910. The van der Waals surface area contributed by atoms with Crippen molar-refractivity contribution in [2.45, 2.75) is 33.1 Å². The maximum atomic E-state index is 12.7. The first-order valence-corrected chi connectivity index (χ1v) is 8.71. The summed E-state index contributed by atoms with van der Waals surface area (Å²) in [4.78, 5) is 24.5. The second kappa shape index (κ2) is 6.57. The van der Waals surface area contributed by atoms with Crippen molar-refractivity contribution in [3.63, 3.8) is 0 Å². The van der Waals surface area contributed by atoms with E-state index in [9.17, 15) is 4.79 Å². The van der Waals surface area contributed by atoms with E-state index in [1.54, 1.807) is 17.7 Å². The van der Waals surface area contributed by atoms with Crippen molar-refractivity contribution in [1.29, 1.82) is 0 Å². The highest BCUT2D eigenvalue weighted by molar-refractivity contribution is 7.12. The highest BCUT2D eigenvalue weighted by atomic mass is 32.1. The Hall–Kier alpha value is -1.75. The van der Waals surface area contributed by atoms with Crippen LogP contribution in [0.5, 0.6) is 0 Å². The van der Waals surface area contributed by atoms with Crippen LogP contribution in [0, 0.1) is 12.8 Å². The zero-order valence-corrected chi connectivity index (χ0v) is 13.9. The van der Waals surface area contributed by atoms with Gasteiger partial charge in [0.05, 0.1) is 4.88 Å². The second-order valence-electron chi connectivity index (χ2n) is 5.80. The van der Waals surface area contributed by atoms with Crippen LogP contribution in [0.1, 0.15) is 40.7 Å². The van der Waals surface area contributed by atoms with Gasteiger partial charge in [0.25, 0.3) is 0 Å². The first kappa shape index (κ1) is 15.2. The Kier molecular flexibility index (Phi) is 4.52. The third-order valence-electron chi connectivity index (χ3n) is 4.27. The van der Waals surface area contributed by atoms with Crippen LogP contribution in [0.25, 0.3) is 0 Å². The first-order valence-electron chi connectivity index (χ1n) is 7.83. The molecule has 0 amide bonds. The molecule has 2 aromatic heterocycles. The molecule has 0 aliphatic carbocycles. The molecule has 1 aliphatic rings. The van der Waals surface area contributed by atoms with Gasteiger partial charge in [-0.05, 0) is 43.2 Å². The number of rotatable bonds is 4. The van der Waals surface area contributed by atoms with Crippen LogP contribution < -0.4 is 4.90 Å². The Balaban J connectivity index is 1.76. The predicted octanol–water partition coefficient (Wildman–Crippen LogP) is 3.51. The van der Waals surface area contributed by atoms with Crippen molar-refractivity contribution in [1.82, 2.24) is 9.97 Å². The molecular weight excluding hydrogens is 294 g/mol. The summed E-state index contributed by atoms with van der Waals surface area (Å²) >= 11 is 1.56. The van der Waals surface area contributed by atoms with Gasteiger partial charge < -0.3 is 4.90 Å². The number of Topliss-reactive ketones (excluding diaryl/α,β-unsaturated/α-hetero) is 1. The maximum Gasteiger partial charge on any atom is 0.177 e. The minimum Gasteiger partial charge on any atom is -0.356 e. The lowest BCUT2D eigenvalue weighted by Crippen LogP contribution is -2.39. The summed E-state index contributed by atoms with van der Waals surface area (Å²) in [6.45, 7) is 5.83. The lowest BCUT2D eigenvalue weighted by Gasteiger charge is -2.32. The Labute approximate surface area is 135 Å². The standard InChI is InChI=1S/C17H21N3OS/c1-3-14-9-15(19-11-18-14)20-7-4-5-13(10-20)16(21)17-12(2)6-8-22-17/h6,8-9,11,13H,3-5,7,10H2,1-2H3. The van der Waals surface area contributed by atoms with Crippen LogP contribution >= 0.6 is 11.3 Å². The molecule has 2 aromatic rings. The molecule has 0 saturated carbocycles. The minimum absolute atomic E-state index is 0.0751. The molecule has 0 aromatic carbocycles. The topological polar surface area (TPSA) is 46.1 Å². The Bertz CT molecular complexity index is 667. The van der Waals surface area contributed by atoms with E-state index >= 15 is 0 Å². The molecule has 5 heteroatoms. The summed E-state index contributed by atoms with van der Waals surface area (Å²) in [5, 5.41) is 2.00. The van der Waals surface area contributed by atoms with E-state index in [2.05, 4.69) is 21.8 Å². The van der Waals surface area contributed by atoms with Crippen LogP contribution in [0.15, 0.2) is 23.8 Å². The van der Waals surface area contributed by atoms with Gasteiger partial charge in [-0.25, -0.2) is 9.97 Å². The fraction of sp³-hybridized carbons (Fsp3) is 0.471. The SMILES string of the molecule is CCc1cc(N2CCCC(C(=O)c3sccc3C)C2)ncn1. The number of nitrogens with zero attached hydrogens (tertiary/aromatic N) is 3. The molecule has 4 nitrogen and oxygen atoms in total. The van der Waals surface area contributed by atoms with Gasteiger partial charge in [0.2, 0.25) is 0 Å². The number of anilines is 1. The number of piperidine rings is 1. The summed E-state index contributed by atoms with van der Waals surface area (Å²) in [6, 6.07) is 4.07. The monoisotopic (exact) mass is 315 g/mol. The summed E-state index contributed by atoms with van der Waals surface area (Å²) in [5.74, 6) is 1.32. The summed E-state index contributed by atoms with van der Waals surface area (Å²) in [5.41, 5.74) is 2.15. The fourth-order valence-electron chi connectivity index (χ4n) is 2.96. The van der Waals surface area contributed by atoms with Gasteiger partial charge in [0, 0.05) is 30.8 Å². The van der Waals surface area contributed by atoms with Gasteiger partial charge in [-0.3, -0.25) is 4.79 Å². The zero-order valence-electron chi connectivity index (χ0n) is 13.1. The van der Waals surface area contributed by atoms with Gasteiger partial charge in [-0.15, -0.1) is 11.3 Å². The third-order valence-corrected chi connectivity index (χ3v) is 5.30. The normalized spacial score (nSPS) is 18.5. The molecular formula is C17H21N3OS. The molecule has 0 bridgehead atoms. The van der Waals surface area contributed by atoms with Crippen molar-refractivity contribution in [3.8, 4) is 0 Å². The van der Waals surface area contributed by atoms with Gasteiger partial charge >= 0.3 is 0 Å². The number of carbonyl (C=O) groups excluding carboxylic acids is 1. The quantitative estimate of drug-likeness (QED) is 0.810. The zero-order chi connectivity index (χ0) is 15.5. The van der Waals surface area contributed by atoms with E-state index < -0.39 is 0 Å². The van der Waals surface area contributed by atoms with E-state index in [1.165, 1.54) is 0 Å². The number of hydrogen-bond acceptors (Lipinski definition) is 5. The first-order chi connectivity index (χ1) is 10.7. The molecule has 1 fully saturated rings. The van der Waals surface area contributed by atoms with E-state index in [4.69, 9.17) is 0 Å². The van der Waals surface area contributed by atoms with Crippen molar-refractivity contribution in [3.05, 3.63) is 40.0 Å². The maximum absolute atomic E-state index is 12.7. The van der Waals surface area contributed by atoms with Crippen LogP contribution in [0.4, 0.5) is 5.82 Å².